The summed E-state index contributed by atoms with van der Waals surface area (Å²) in [6, 6.07) is 7.92. The van der Waals surface area contributed by atoms with Crippen LogP contribution in [0.3, 0.4) is 0 Å². The Bertz CT molecular complexity index is 633. The summed E-state index contributed by atoms with van der Waals surface area (Å²) in [5.41, 5.74) is 0.556. The number of ether oxygens (including phenoxy) is 1. The van der Waals surface area contributed by atoms with Gasteiger partial charge >= 0.3 is 6.18 Å². The minimum atomic E-state index is -4.45. The van der Waals surface area contributed by atoms with E-state index in [1.54, 1.807) is 18.2 Å². The minimum absolute atomic E-state index is 0.0174. The van der Waals surface area contributed by atoms with Crippen molar-refractivity contribution in [2.45, 2.75) is 12.7 Å². The smallest absolute Gasteiger partial charge is 0.422 e. The van der Waals surface area contributed by atoms with E-state index >= 15 is 0 Å². The molecule has 0 aromatic carbocycles. The molecule has 8 heteroatoms. The maximum Gasteiger partial charge on any atom is 0.422 e. The second kappa shape index (κ2) is 6.88. The molecule has 2 aromatic heterocycles. The molecule has 2 aromatic rings. The molecule has 0 unspecified atom stereocenters. The first-order valence-corrected chi connectivity index (χ1v) is 6.28. The van der Waals surface area contributed by atoms with Crippen LogP contribution in [0.4, 0.5) is 13.2 Å². The van der Waals surface area contributed by atoms with Crippen molar-refractivity contribution in [1.29, 1.82) is 0 Å². The Morgan fingerprint density at radius 2 is 1.91 bits per heavy atom. The van der Waals surface area contributed by atoms with Crippen LogP contribution < -0.4 is 10.1 Å². The van der Waals surface area contributed by atoms with Gasteiger partial charge in [-0.25, -0.2) is 4.98 Å². The van der Waals surface area contributed by atoms with Crippen molar-refractivity contribution in [2.24, 2.45) is 0 Å². The van der Waals surface area contributed by atoms with E-state index in [1.165, 1.54) is 24.5 Å². The lowest BCUT2D eigenvalue weighted by molar-refractivity contribution is -0.154. The molecule has 0 saturated carbocycles. The number of nitrogens with one attached hydrogen (secondary N) is 1. The molecule has 0 aliphatic heterocycles. The first kappa shape index (κ1) is 15.7. The molecule has 0 atom stereocenters. The number of amides is 1. The Hall–Kier alpha value is -2.64. The molecule has 2 heterocycles. The molecule has 22 heavy (non-hydrogen) atoms. The van der Waals surface area contributed by atoms with Gasteiger partial charge in [0.15, 0.2) is 6.61 Å². The molecule has 5 nitrogen and oxygen atoms in total. The highest BCUT2D eigenvalue weighted by Crippen LogP contribution is 2.19. The van der Waals surface area contributed by atoms with Gasteiger partial charge in [0.1, 0.15) is 5.69 Å². The zero-order valence-corrected chi connectivity index (χ0v) is 11.3. The number of alkyl halides is 3. The molecule has 0 bridgehead atoms. The Balaban J connectivity index is 1.99. The van der Waals surface area contributed by atoms with Crippen molar-refractivity contribution in [3.63, 3.8) is 0 Å². The topological polar surface area (TPSA) is 64.1 Å². The van der Waals surface area contributed by atoms with E-state index in [0.29, 0.717) is 5.56 Å². The highest BCUT2D eigenvalue weighted by atomic mass is 19.4. The number of aromatic nitrogens is 2. The molecular weight excluding hydrogens is 299 g/mol. The lowest BCUT2D eigenvalue weighted by Crippen LogP contribution is -2.25. The van der Waals surface area contributed by atoms with E-state index in [0.717, 1.165) is 0 Å². The summed E-state index contributed by atoms with van der Waals surface area (Å²) in [5.74, 6) is -0.604. The molecular formula is C14H12F3N3O2. The number of hydrogen-bond acceptors (Lipinski definition) is 4. The predicted molar refractivity (Wildman–Crippen MR) is 71.2 cm³/mol. The van der Waals surface area contributed by atoms with Crippen molar-refractivity contribution in [3.8, 4) is 5.88 Å². The van der Waals surface area contributed by atoms with Crippen LogP contribution in [0.5, 0.6) is 5.88 Å². The van der Waals surface area contributed by atoms with Crippen molar-refractivity contribution >= 4 is 5.91 Å². The fourth-order valence-electron chi connectivity index (χ4n) is 1.60. The van der Waals surface area contributed by atoms with E-state index in [4.69, 9.17) is 0 Å². The quantitative estimate of drug-likeness (QED) is 0.920. The normalized spacial score (nSPS) is 11.0. The van der Waals surface area contributed by atoms with E-state index in [9.17, 15) is 18.0 Å². The van der Waals surface area contributed by atoms with Crippen LogP contribution in [0, 0.1) is 0 Å². The van der Waals surface area contributed by atoms with Gasteiger partial charge < -0.3 is 10.1 Å². The first-order chi connectivity index (χ1) is 10.5. The van der Waals surface area contributed by atoms with Gasteiger partial charge in [-0.05, 0) is 18.2 Å². The Morgan fingerprint density at radius 1 is 1.14 bits per heavy atom. The van der Waals surface area contributed by atoms with E-state index in [2.05, 4.69) is 20.0 Å². The summed E-state index contributed by atoms with van der Waals surface area (Å²) in [5, 5.41) is 2.55. The molecule has 0 radical (unpaired) electrons. The van der Waals surface area contributed by atoms with E-state index < -0.39 is 18.7 Å². The zero-order valence-electron chi connectivity index (χ0n) is 11.3. The van der Waals surface area contributed by atoms with Crippen LogP contribution >= 0.6 is 0 Å². The minimum Gasteiger partial charge on any atom is -0.468 e. The van der Waals surface area contributed by atoms with Crippen molar-refractivity contribution in [2.75, 3.05) is 6.61 Å². The zero-order chi connectivity index (χ0) is 16.0. The number of carbonyl (C=O) groups is 1. The third kappa shape index (κ3) is 4.72. The Morgan fingerprint density at radius 3 is 2.59 bits per heavy atom. The standard InChI is InChI=1S/C14H12F3N3O2/c15-14(16,17)9-22-13-10(4-3-7-19-13)8-20-12(21)11-5-1-2-6-18-11/h1-7H,8-9H2,(H,20,21). The molecule has 0 saturated heterocycles. The SMILES string of the molecule is O=C(NCc1cccnc1OCC(F)(F)F)c1ccccn1. The maximum atomic E-state index is 12.2. The van der Waals surface area contributed by atoms with Crippen LogP contribution in [0.25, 0.3) is 0 Å². The highest BCUT2D eigenvalue weighted by molar-refractivity contribution is 5.92. The third-order valence-electron chi connectivity index (χ3n) is 2.56. The molecule has 1 amide bonds. The fraction of sp³-hybridized carbons (Fsp3) is 0.214. The van der Waals surface area contributed by atoms with Gasteiger partial charge in [0, 0.05) is 24.5 Å². The fourth-order valence-corrected chi connectivity index (χ4v) is 1.60. The van der Waals surface area contributed by atoms with E-state index in [-0.39, 0.29) is 18.1 Å². The maximum absolute atomic E-state index is 12.2. The summed E-state index contributed by atoms with van der Waals surface area (Å²) in [6.45, 7) is -1.46. The van der Waals surface area contributed by atoms with Gasteiger partial charge in [-0.3, -0.25) is 9.78 Å². The molecule has 0 aliphatic rings. The first-order valence-electron chi connectivity index (χ1n) is 6.28. The van der Waals surface area contributed by atoms with Gasteiger partial charge in [-0.2, -0.15) is 13.2 Å². The number of halogens is 3. The molecule has 1 N–H and O–H groups in total. The predicted octanol–water partition coefficient (Wildman–Crippen LogP) is 2.35. The highest BCUT2D eigenvalue weighted by Gasteiger charge is 2.29. The molecule has 2 rings (SSSR count). The van der Waals surface area contributed by atoms with Gasteiger partial charge in [-0.1, -0.05) is 12.1 Å². The second-order valence-electron chi connectivity index (χ2n) is 4.27. The summed E-state index contributed by atoms with van der Waals surface area (Å²) in [6.07, 6.45) is -1.67. The largest absolute Gasteiger partial charge is 0.468 e. The van der Waals surface area contributed by atoms with Crippen LogP contribution in [-0.4, -0.2) is 28.7 Å². The molecule has 0 spiro atoms. The lowest BCUT2D eigenvalue weighted by atomic mass is 10.2. The summed E-state index contributed by atoms with van der Waals surface area (Å²) in [4.78, 5) is 19.4. The average molecular weight is 311 g/mol. The van der Waals surface area contributed by atoms with Gasteiger partial charge in [0.2, 0.25) is 5.88 Å². The summed E-state index contributed by atoms with van der Waals surface area (Å²) < 4.78 is 41.2. The second-order valence-corrected chi connectivity index (χ2v) is 4.27. The van der Waals surface area contributed by atoms with Crippen molar-refractivity contribution in [1.82, 2.24) is 15.3 Å². The third-order valence-corrected chi connectivity index (χ3v) is 2.56. The number of carbonyl (C=O) groups excluding carboxylic acids is 1. The number of rotatable bonds is 5. The van der Waals surface area contributed by atoms with Crippen molar-refractivity contribution < 1.29 is 22.7 Å². The summed E-state index contributed by atoms with van der Waals surface area (Å²) >= 11 is 0. The molecule has 0 aliphatic carbocycles. The number of hydrogen-bond donors (Lipinski definition) is 1. The van der Waals surface area contributed by atoms with Gasteiger partial charge in [0.05, 0.1) is 0 Å². The Kier molecular flexibility index (Phi) is 4.92. The van der Waals surface area contributed by atoms with Crippen LogP contribution in [0.1, 0.15) is 16.1 Å². The Labute approximate surface area is 124 Å². The number of pyridine rings is 2. The monoisotopic (exact) mass is 311 g/mol. The van der Waals surface area contributed by atoms with Gasteiger partial charge in [0.25, 0.3) is 5.91 Å². The van der Waals surface area contributed by atoms with E-state index in [1.807, 2.05) is 0 Å². The van der Waals surface area contributed by atoms with Crippen LogP contribution in [0.2, 0.25) is 0 Å². The summed E-state index contributed by atoms with van der Waals surface area (Å²) in [7, 11) is 0. The average Bonchev–Trinajstić information content (AvgIpc) is 2.51. The number of nitrogens with zero attached hydrogens (tertiary/aromatic N) is 2. The van der Waals surface area contributed by atoms with Crippen molar-refractivity contribution in [3.05, 3.63) is 54.0 Å². The van der Waals surface area contributed by atoms with Gasteiger partial charge in [-0.15, -0.1) is 0 Å². The van der Waals surface area contributed by atoms with Crippen LogP contribution in [0.15, 0.2) is 42.7 Å². The van der Waals surface area contributed by atoms with Crippen LogP contribution in [-0.2, 0) is 6.54 Å². The lowest BCUT2D eigenvalue weighted by Gasteiger charge is -2.12. The molecule has 0 fully saturated rings. The molecule has 116 valence electrons.